The Bertz CT molecular complexity index is 385. The number of hydrogen-bond donors (Lipinski definition) is 3. The van der Waals surface area contributed by atoms with Crippen molar-refractivity contribution in [2.75, 3.05) is 0 Å². The van der Waals surface area contributed by atoms with Gasteiger partial charge in [0.25, 0.3) is 0 Å². The second-order valence-corrected chi connectivity index (χ2v) is 2.42. The lowest BCUT2D eigenvalue weighted by Gasteiger charge is -2.01. The van der Waals surface area contributed by atoms with Crippen LogP contribution in [0.2, 0.25) is 5.15 Å². The van der Waals surface area contributed by atoms with Crippen molar-refractivity contribution in [1.29, 1.82) is 5.41 Å². The number of nitrogens with one attached hydrogen (secondary N) is 1. The number of aromatic carboxylic acids is 1. The molecular weight excluding hydrogens is 184 g/mol. The number of carboxylic acids is 1. The lowest BCUT2D eigenvalue weighted by molar-refractivity contribution is 0.0686. The second-order valence-electron chi connectivity index (χ2n) is 2.04. The van der Waals surface area contributed by atoms with Crippen LogP contribution in [0.5, 0.6) is 0 Å². The summed E-state index contributed by atoms with van der Waals surface area (Å²) >= 11 is 5.39. The quantitative estimate of drug-likeness (QED) is 0.445. The first-order valence-electron chi connectivity index (χ1n) is 2.92. The topological polar surface area (TPSA) is 86.3 Å². The zero-order valence-electron chi connectivity index (χ0n) is 5.78. The summed E-state index contributed by atoms with van der Waals surface area (Å²) in [5.41, 5.74) is -0.850. The Hall–Kier alpha value is -1.49. The van der Waals surface area contributed by atoms with E-state index in [1.165, 1.54) is 6.07 Å². The highest BCUT2D eigenvalue weighted by atomic mass is 35.5. The van der Waals surface area contributed by atoms with Crippen LogP contribution in [-0.4, -0.2) is 21.0 Å². The molecule has 5 nitrogen and oxygen atoms in total. The SMILES string of the molecule is N=c1c(C(=O)O)ccc(Cl)n1O. The summed E-state index contributed by atoms with van der Waals surface area (Å²) in [6.07, 6.45) is 0. The van der Waals surface area contributed by atoms with E-state index in [0.717, 1.165) is 6.07 Å². The fourth-order valence-corrected chi connectivity index (χ4v) is 0.843. The van der Waals surface area contributed by atoms with E-state index in [-0.39, 0.29) is 10.7 Å². The molecule has 1 aromatic rings. The third-order valence-electron chi connectivity index (χ3n) is 1.29. The highest BCUT2D eigenvalue weighted by Crippen LogP contribution is 2.03. The summed E-state index contributed by atoms with van der Waals surface area (Å²) in [4.78, 5) is 10.4. The van der Waals surface area contributed by atoms with E-state index >= 15 is 0 Å². The van der Waals surface area contributed by atoms with E-state index in [1.807, 2.05) is 0 Å². The molecule has 12 heavy (non-hydrogen) atoms. The van der Waals surface area contributed by atoms with Gasteiger partial charge in [-0.15, -0.1) is 0 Å². The van der Waals surface area contributed by atoms with E-state index in [4.69, 9.17) is 27.3 Å². The molecule has 0 aliphatic rings. The fourth-order valence-electron chi connectivity index (χ4n) is 0.695. The zero-order valence-corrected chi connectivity index (χ0v) is 6.54. The van der Waals surface area contributed by atoms with Gasteiger partial charge in [-0.25, -0.2) is 4.79 Å². The zero-order chi connectivity index (χ0) is 9.30. The molecule has 0 unspecified atom stereocenters. The molecule has 0 spiro atoms. The van der Waals surface area contributed by atoms with Gasteiger partial charge in [-0.3, -0.25) is 5.41 Å². The van der Waals surface area contributed by atoms with Crippen molar-refractivity contribution in [2.24, 2.45) is 0 Å². The molecule has 0 saturated heterocycles. The van der Waals surface area contributed by atoms with Gasteiger partial charge in [0.2, 0.25) is 0 Å². The molecule has 0 aliphatic heterocycles. The summed E-state index contributed by atoms with van der Waals surface area (Å²) < 4.78 is 0.297. The molecular formula is C6H5ClN2O3. The number of halogens is 1. The first-order chi connectivity index (χ1) is 5.54. The average molecular weight is 189 g/mol. The van der Waals surface area contributed by atoms with Crippen molar-refractivity contribution in [3.8, 4) is 0 Å². The lowest BCUT2D eigenvalue weighted by atomic mass is 10.3. The molecule has 1 heterocycles. The monoisotopic (exact) mass is 188 g/mol. The number of aromatic nitrogens is 1. The number of hydrogen-bond acceptors (Lipinski definition) is 3. The van der Waals surface area contributed by atoms with E-state index in [9.17, 15) is 4.79 Å². The Balaban J connectivity index is 3.47. The molecule has 0 amide bonds. The largest absolute Gasteiger partial charge is 0.478 e. The number of nitrogens with zero attached hydrogens (tertiary/aromatic N) is 1. The minimum absolute atomic E-state index is 0.106. The van der Waals surface area contributed by atoms with Gasteiger partial charge in [-0.1, -0.05) is 11.6 Å². The van der Waals surface area contributed by atoms with Crippen molar-refractivity contribution in [2.45, 2.75) is 0 Å². The molecule has 6 heteroatoms. The lowest BCUT2D eigenvalue weighted by Crippen LogP contribution is -2.25. The number of pyridine rings is 1. The molecule has 0 aromatic carbocycles. The summed E-state index contributed by atoms with van der Waals surface area (Å²) in [6, 6.07) is 2.35. The number of carbonyl (C=O) groups is 1. The van der Waals surface area contributed by atoms with Gasteiger partial charge < -0.3 is 10.3 Å². The smallest absolute Gasteiger partial charge is 0.339 e. The second kappa shape index (κ2) is 2.86. The first kappa shape index (κ1) is 8.61. The van der Waals surface area contributed by atoms with Crippen LogP contribution in [0.4, 0.5) is 0 Å². The van der Waals surface area contributed by atoms with Gasteiger partial charge in [-0.2, -0.15) is 4.73 Å². The van der Waals surface area contributed by atoms with Crippen LogP contribution >= 0.6 is 11.6 Å². The third-order valence-corrected chi connectivity index (χ3v) is 1.57. The minimum atomic E-state index is -1.28. The van der Waals surface area contributed by atoms with Crippen molar-refractivity contribution < 1.29 is 15.1 Å². The van der Waals surface area contributed by atoms with Crippen molar-refractivity contribution in [3.05, 3.63) is 28.3 Å². The third kappa shape index (κ3) is 1.26. The van der Waals surface area contributed by atoms with E-state index in [2.05, 4.69) is 0 Å². The van der Waals surface area contributed by atoms with Gasteiger partial charge in [-0.05, 0) is 12.1 Å². The normalized spacial score (nSPS) is 9.75. The average Bonchev–Trinajstić information content (AvgIpc) is 2.00. The molecule has 0 radical (unpaired) electrons. The van der Waals surface area contributed by atoms with Crippen LogP contribution in [0.25, 0.3) is 0 Å². The molecule has 3 N–H and O–H groups in total. The van der Waals surface area contributed by atoms with Crippen LogP contribution in [0.3, 0.4) is 0 Å². The molecule has 0 fully saturated rings. The maximum Gasteiger partial charge on any atom is 0.339 e. The molecule has 1 rings (SSSR count). The summed E-state index contributed by atoms with van der Waals surface area (Å²) in [5.74, 6) is -1.28. The van der Waals surface area contributed by atoms with Crippen LogP contribution in [0.15, 0.2) is 12.1 Å². The van der Waals surface area contributed by atoms with Gasteiger partial charge in [0.05, 0.1) is 0 Å². The van der Waals surface area contributed by atoms with Crippen LogP contribution < -0.4 is 5.49 Å². The minimum Gasteiger partial charge on any atom is -0.478 e. The Morgan fingerprint density at radius 2 is 2.17 bits per heavy atom. The van der Waals surface area contributed by atoms with Crippen LogP contribution in [0.1, 0.15) is 10.4 Å². The van der Waals surface area contributed by atoms with Crippen LogP contribution in [-0.2, 0) is 0 Å². The van der Waals surface area contributed by atoms with Gasteiger partial charge >= 0.3 is 5.97 Å². The first-order valence-corrected chi connectivity index (χ1v) is 3.30. The Labute approximate surface area is 71.9 Å². The molecule has 1 aromatic heterocycles. The van der Waals surface area contributed by atoms with Gasteiger partial charge in [0.1, 0.15) is 10.7 Å². The summed E-state index contributed by atoms with van der Waals surface area (Å²) in [5, 5.41) is 24.5. The van der Waals surface area contributed by atoms with Crippen LogP contribution in [0, 0.1) is 5.41 Å². The van der Waals surface area contributed by atoms with Gasteiger partial charge in [0, 0.05) is 0 Å². The van der Waals surface area contributed by atoms with Crippen molar-refractivity contribution >= 4 is 17.6 Å². The molecule has 64 valence electrons. The van der Waals surface area contributed by atoms with E-state index in [0.29, 0.717) is 4.73 Å². The highest BCUT2D eigenvalue weighted by Gasteiger charge is 2.08. The molecule has 0 bridgehead atoms. The van der Waals surface area contributed by atoms with Gasteiger partial charge in [0.15, 0.2) is 5.49 Å². The summed E-state index contributed by atoms with van der Waals surface area (Å²) in [6.45, 7) is 0. The predicted octanol–water partition coefficient (Wildman–Crippen LogP) is 0.556. The maximum absolute atomic E-state index is 10.4. The number of carboxylic acid groups (broad SMARTS) is 1. The predicted molar refractivity (Wildman–Crippen MR) is 39.4 cm³/mol. The molecule has 0 aliphatic carbocycles. The Morgan fingerprint density at radius 3 is 2.67 bits per heavy atom. The van der Waals surface area contributed by atoms with E-state index in [1.54, 1.807) is 0 Å². The highest BCUT2D eigenvalue weighted by molar-refractivity contribution is 6.29. The van der Waals surface area contributed by atoms with Crippen molar-refractivity contribution in [1.82, 2.24) is 4.73 Å². The molecule has 0 saturated carbocycles. The number of rotatable bonds is 1. The maximum atomic E-state index is 10.4. The molecule has 0 atom stereocenters. The standard InChI is InChI=1S/C6H5ClN2O3/c7-4-2-1-3(6(10)11)5(8)9(4)12/h1-2,8,12H,(H,10,11). The Kier molecular flexibility index (Phi) is 2.05. The van der Waals surface area contributed by atoms with Crippen molar-refractivity contribution in [3.63, 3.8) is 0 Å². The fraction of sp³-hybridized carbons (Fsp3) is 0. The summed E-state index contributed by atoms with van der Waals surface area (Å²) in [7, 11) is 0. The van der Waals surface area contributed by atoms with E-state index < -0.39 is 11.5 Å². The Morgan fingerprint density at radius 1 is 1.58 bits per heavy atom.